The van der Waals surface area contributed by atoms with Gasteiger partial charge in [0.15, 0.2) is 5.82 Å². The number of aromatic nitrogens is 1. The zero-order valence-electron chi connectivity index (χ0n) is 11.9. The van der Waals surface area contributed by atoms with Crippen molar-refractivity contribution in [2.75, 3.05) is 31.5 Å². The molecule has 1 aromatic heterocycles. The number of carbonyl (C=O) groups is 1. The van der Waals surface area contributed by atoms with Crippen LogP contribution in [0.1, 0.15) is 25.0 Å². The largest absolute Gasteiger partial charge is 0.360 e. The minimum absolute atomic E-state index is 0.00460. The number of aryl methyl sites for hydroxylation is 1. The minimum Gasteiger partial charge on any atom is -0.360 e. The molecule has 2 aliphatic rings. The predicted octanol–water partition coefficient (Wildman–Crippen LogP) is 0.995. The molecule has 2 N–H and O–H groups in total. The third-order valence-corrected chi connectivity index (χ3v) is 4.29. The van der Waals surface area contributed by atoms with E-state index < -0.39 is 0 Å². The van der Waals surface area contributed by atoms with Gasteiger partial charge in [-0.1, -0.05) is 5.16 Å². The van der Waals surface area contributed by atoms with Crippen LogP contribution in [0.3, 0.4) is 0 Å². The highest BCUT2D eigenvalue weighted by molar-refractivity contribution is 5.89. The fourth-order valence-corrected chi connectivity index (χ4v) is 3.22. The molecule has 3 heterocycles. The van der Waals surface area contributed by atoms with Crippen LogP contribution in [0.5, 0.6) is 0 Å². The summed E-state index contributed by atoms with van der Waals surface area (Å²) in [5.74, 6) is 1.98. The van der Waals surface area contributed by atoms with Crippen LogP contribution in [-0.4, -0.2) is 48.2 Å². The molecule has 2 atom stereocenters. The number of nitrogens with one attached hydrogen (secondary N) is 2. The molecule has 20 heavy (non-hydrogen) atoms. The summed E-state index contributed by atoms with van der Waals surface area (Å²) in [5, 5.41) is 10.1. The van der Waals surface area contributed by atoms with E-state index in [2.05, 4.69) is 20.7 Å². The normalized spacial score (nSPS) is 26.4. The van der Waals surface area contributed by atoms with Crippen molar-refractivity contribution in [3.8, 4) is 0 Å². The molecule has 6 heteroatoms. The van der Waals surface area contributed by atoms with Crippen LogP contribution in [-0.2, 0) is 4.79 Å². The summed E-state index contributed by atoms with van der Waals surface area (Å²) in [6, 6.07) is 2.44. The summed E-state index contributed by atoms with van der Waals surface area (Å²) in [7, 11) is 0. The third-order valence-electron chi connectivity index (χ3n) is 4.29. The first kappa shape index (κ1) is 13.6. The first-order valence-electron chi connectivity index (χ1n) is 7.39. The maximum absolute atomic E-state index is 11.9. The Morgan fingerprint density at radius 1 is 1.60 bits per heavy atom. The Morgan fingerprint density at radius 3 is 3.30 bits per heavy atom. The molecule has 0 saturated carbocycles. The van der Waals surface area contributed by atoms with E-state index in [9.17, 15) is 4.79 Å². The Morgan fingerprint density at radius 2 is 2.50 bits per heavy atom. The number of carbonyl (C=O) groups excluding carboxylic acids is 1. The van der Waals surface area contributed by atoms with Crippen molar-refractivity contribution in [1.29, 1.82) is 0 Å². The van der Waals surface area contributed by atoms with Gasteiger partial charge in [0.1, 0.15) is 5.76 Å². The van der Waals surface area contributed by atoms with Crippen LogP contribution < -0.4 is 10.6 Å². The van der Waals surface area contributed by atoms with Gasteiger partial charge in [-0.15, -0.1) is 0 Å². The number of nitrogens with zero attached hydrogens (tertiary/aromatic N) is 2. The lowest BCUT2D eigenvalue weighted by molar-refractivity contribution is -0.116. The first-order chi connectivity index (χ1) is 9.70. The highest BCUT2D eigenvalue weighted by Crippen LogP contribution is 2.24. The summed E-state index contributed by atoms with van der Waals surface area (Å²) in [6.45, 7) is 5.99. The van der Waals surface area contributed by atoms with Gasteiger partial charge < -0.3 is 20.1 Å². The Balaban J connectivity index is 1.41. The molecule has 0 bridgehead atoms. The van der Waals surface area contributed by atoms with Crippen LogP contribution in [0.25, 0.3) is 0 Å². The summed E-state index contributed by atoms with van der Waals surface area (Å²) in [5.41, 5.74) is 0. The van der Waals surface area contributed by atoms with Crippen molar-refractivity contribution in [1.82, 2.24) is 15.4 Å². The highest BCUT2D eigenvalue weighted by atomic mass is 16.5. The molecule has 0 aliphatic carbocycles. The number of rotatable bonds is 4. The Kier molecular flexibility index (Phi) is 4.03. The third kappa shape index (κ3) is 3.19. The molecule has 2 fully saturated rings. The van der Waals surface area contributed by atoms with E-state index in [1.54, 1.807) is 6.07 Å². The van der Waals surface area contributed by atoms with Gasteiger partial charge in [0.25, 0.3) is 0 Å². The van der Waals surface area contributed by atoms with E-state index in [0.29, 0.717) is 24.0 Å². The van der Waals surface area contributed by atoms with Gasteiger partial charge >= 0.3 is 0 Å². The SMILES string of the molecule is Cc1cc(NC(=O)CCN2CCC3NCCC3C2)no1. The van der Waals surface area contributed by atoms with E-state index in [1.807, 2.05) is 6.92 Å². The second-order valence-corrected chi connectivity index (χ2v) is 5.82. The van der Waals surface area contributed by atoms with Crippen LogP contribution in [0.15, 0.2) is 10.6 Å². The Hall–Kier alpha value is -1.40. The molecule has 0 aromatic carbocycles. The van der Waals surface area contributed by atoms with E-state index in [0.717, 1.165) is 32.1 Å². The topological polar surface area (TPSA) is 70.4 Å². The predicted molar refractivity (Wildman–Crippen MR) is 75.4 cm³/mol. The Labute approximate surface area is 118 Å². The zero-order chi connectivity index (χ0) is 13.9. The molecular formula is C14H22N4O2. The van der Waals surface area contributed by atoms with Crippen LogP contribution in [0, 0.1) is 12.8 Å². The van der Waals surface area contributed by atoms with Crippen molar-refractivity contribution < 1.29 is 9.32 Å². The van der Waals surface area contributed by atoms with Crippen molar-refractivity contribution in [2.24, 2.45) is 5.92 Å². The van der Waals surface area contributed by atoms with E-state index in [-0.39, 0.29) is 5.91 Å². The number of piperidine rings is 1. The van der Waals surface area contributed by atoms with Gasteiger partial charge in [0, 0.05) is 31.6 Å². The van der Waals surface area contributed by atoms with Crippen LogP contribution in [0.4, 0.5) is 5.82 Å². The minimum atomic E-state index is 0.00460. The lowest BCUT2D eigenvalue weighted by Crippen LogP contribution is -2.45. The summed E-state index contributed by atoms with van der Waals surface area (Å²) < 4.78 is 4.93. The van der Waals surface area contributed by atoms with Gasteiger partial charge in [0.05, 0.1) is 0 Å². The van der Waals surface area contributed by atoms with Gasteiger partial charge in [-0.2, -0.15) is 0 Å². The van der Waals surface area contributed by atoms with Gasteiger partial charge in [-0.25, -0.2) is 0 Å². The van der Waals surface area contributed by atoms with Crippen molar-refractivity contribution >= 4 is 11.7 Å². The van der Waals surface area contributed by atoms with Gasteiger partial charge in [0.2, 0.25) is 5.91 Å². The second kappa shape index (κ2) is 5.93. The van der Waals surface area contributed by atoms with Gasteiger partial charge in [-0.3, -0.25) is 4.79 Å². The van der Waals surface area contributed by atoms with Gasteiger partial charge in [-0.05, 0) is 38.8 Å². The fourth-order valence-electron chi connectivity index (χ4n) is 3.22. The quantitative estimate of drug-likeness (QED) is 0.859. The lowest BCUT2D eigenvalue weighted by Gasteiger charge is -2.34. The summed E-state index contributed by atoms with van der Waals surface area (Å²) in [4.78, 5) is 14.3. The molecule has 2 aliphatic heterocycles. The first-order valence-corrected chi connectivity index (χ1v) is 7.39. The maximum atomic E-state index is 11.9. The van der Waals surface area contributed by atoms with Crippen LogP contribution in [0.2, 0.25) is 0 Å². The standard InChI is InChI=1S/C14H22N4O2/c1-10-8-13(17-20-10)16-14(19)4-7-18-6-3-12-11(9-18)2-5-15-12/h8,11-12,15H,2-7,9H2,1H3,(H,16,17,19). The molecule has 110 valence electrons. The number of amides is 1. The summed E-state index contributed by atoms with van der Waals surface area (Å²) in [6.07, 6.45) is 2.98. The number of hydrogen-bond acceptors (Lipinski definition) is 5. The molecule has 1 aromatic rings. The van der Waals surface area contributed by atoms with E-state index in [1.165, 1.54) is 12.8 Å². The number of fused-ring (bicyclic) bond motifs is 1. The molecule has 0 spiro atoms. The molecule has 0 radical (unpaired) electrons. The van der Waals surface area contributed by atoms with Crippen molar-refractivity contribution in [2.45, 2.75) is 32.2 Å². The lowest BCUT2D eigenvalue weighted by atomic mass is 9.93. The highest BCUT2D eigenvalue weighted by Gasteiger charge is 2.32. The maximum Gasteiger partial charge on any atom is 0.226 e. The number of anilines is 1. The van der Waals surface area contributed by atoms with E-state index >= 15 is 0 Å². The molecule has 2 saturated heterocycles. The van der Waals surface area contributed by atoms with Crippen LogP contribution >= 0.6 is 0 Å². The monoisotopic (exact) mass is 278 g/mol. The molecule has 1 amide bonds. The number of hydrogen-bond donors (Lipinski definition) is 2. The van der Waals surface area contributed by atoms with Crippen molar-refractivity contribution in [3.63, 3.8) is 0 Å². The average Bonchev–Trinajstić information content (AvgIpc) is 3.04. The average molecular weight is 278 g/mol. The molecule has 6 nitrogen and oxygen atoms in total. The second-order valence-electron chi connectivity index (χ2n) is 5.82. The Bertz CT molecular complexity index is 473. The number of likely N-dealkylation sites (tertiary alicyclic amines) is 1. The smallest absolute Gasteiger partial charge is 0.226 e. The zero-order valence-corrected chi connectivity index (χ0v) is 11.9. The molecule has 2 unspecified atom stereocenters. The molecular weight excluding hydrogens is 256 g/mol. The van der Waals surface area contributed by atoms with E-state index in [4.69, 9.17) is 4.52 Å². The van der Waals surface area contributed by atoms with Crippen molar-refractivity contribution in [3.05, 3.63) is 11.8 Å². The fraction of sp³-hybridized carbons (Fsp3) is 0.714. The summed E-state index contributed by atoms with van der Waals surface area (Å²) >= 11 is 0. The molecule has 3 rings (SSSR count).